The van der Waals surface area contributed by atoms with Gasteiger partial charge >= 0.3 is 5.97 Å². The minimum Gasteiger partial charge on any atom is -0.458 e. The lowest BCUT2D eigenvalue weighted by Crippen LogP contribution is -2.31. The van der Waals surface area contributed by atoms with E-state index in [2.05, 4.69) is 13.8 Å². The van der Waals surface area contributed by atoms with E-state index in [1.165, 1.54) is 19.3 Å². The molecular weight excluding hydrogens is 390 g/mol. The van der Waals surface area contributed by atoms with Crippen LogP contribution in [-0.4, -0.2) is 27.9 Å². The van der Waals surface area contributed by atoms with Gasteiger partial charge in [-0.05, 0) is 53.8 Å². The Morgan fingerprint density at radius 1 is 1.13 bits per heavy atom. The number of aliphatic hydroxyl groups is 1. The molecule has 5 heteroatoms. The fraction of sp³-hybridized carbons (Fsp3) is 0.538. The minimum absolute atomic E-state index is 0.0456. The van der Waals surface area contributed by atoms with Gasteiger partial charge in [-0.25, -0.2) is 0 Å². The second kappa shape index (κ2) is 9.39. The van der Waals surface area contributed by atoms with E-state index in [4.69, 9.17) is 4.74 Å². The third kappa shape index (κ3) is 4.77. The Labute approximate surface area is 183 Å². The molecule has 5 nitrogen and oxygen atoms in total. The van der Waals surface area contributed by atoms with Crippen molar-refractivity contribution in [3.05, 3.63) is 52.0 Å². The summed E-state index contributed by atoms with van der Waals surface area (Å²) in [4.78, 5) is 25.3. The molecule has 2 aromatic rings. The zero-order chi connectivity index (χ0) is 22.0. The lowest BCUT2D eigenvalue weighted by atomic mass is 9.88. The van der Waals surface area contributed by atoms with Crippen molar-refractivity contribution < 1.29 is 14.6 Å². The first-order valence-corrected chi connectivity index (χ1v) is 11.6. The van der Waals surface area contributed by atoms with Crippen LogP contribution in [0, 0.1) is 5.92 Å². The maximum atomic E-state index is 13.6. The molecule has 1 aromatic heterocycles. The molecule has 1 N–H and O–H groups in total. The van der Waals surface area contributed by atoms with Crippen molar-refractivity contribution in [2.75, 3.05) is 0 Å². The highest BCUT2D eigenvalue weighted by Crippen LogP contribution is 2.31. The predicted molar refractivity (Wildman–Crippen MR) is 123 cm³/mol. The molecule has 166 valence electrons. The van der Waals surface area contributed by atoms with Gasteiger partial charge in [0.1, 0.15) is 6.10 Å². The van der Waals surface area contributed by atoms with Gasteiger partial charge in [0.25, 0.3) is 5.56 Å². The van der Waals surface area contributed by atoms with Crippen LogP contribution in [0.15, 0.2) is 35.1 Å². The molecule has 0 bridgehead atoms. The second-order valence-electron chi connectivity index (χ2n) is 9.40. The van der Waals surface area contributed by atoms with E-state index in [9.17, 15) is 14.7 Å². The van der Waals surface area contributed by atoms with Gasteiger partial charge in [-0.15, -0.1) is 0 Å². The SMILES string of the molecule is CC(C)c1c(/C=C/[C@@H]2C[C@@H](O)CC(=O)O2)n(CC2CCCCC2)c(=O)c2ccccc12. The standard InChI is InChI=1S/C26H33NO4/c1-17(2)25-21-10-6-7-11-22(21)26(30)27(16-18-8-4-3-5-9-18)23(25)13-12-20-14-19(28)15-24(29)31-20/h6-7,10-13,17-20,28H,3-5,8-9,14-16H2,1-2H3/b13-12+/t19-,20-/m1/s1. The number of fused-ring (bicyclic) bond motifs is 1. The van der Waals surface area contributed by atoms with Crippen LogP contribution in [0.1, 0.15) is 76.0 Å². The Kier molecular flexibility index (Phi) is 6.61. The van der Waals surface area contributed by atoms with Crippen molar-refractivity contribution in [2.24, 2.45) is 5.92 Å². The molecule has 1 aromatic carbocycles. The molecule has 1 saturated heterocycles. The van der Waals surface area contributed by atoms with E-state index >= 15 is 0 Å². The highest BCUT2D eigenvalue weighted by atomic mass is 16.5. The monoisotopic (exact) mass is 423 g/mol. The molecule has 2 aliphatic rings. The van der Waals surface area contributed by atoms with Gasteiger partial charge in [0, 0.05) is 24.0 Å². The largest absolute Gasteiger partial charge is 0.458 e. The zero-order valence-electron chi connectivity index (χ0n) is 18.5. The van der Waals surface area contributed by atoms with Crippen LogP contribution in [-0.2, 0) is 16.1 Å². The van der Waals surface area contributed by atoms with Crippen molar-refractivity contribution in [3.63, 3.8) is 0 Å². The van der Waals surface area contributed by atoms with Gasteiger partial charge in [0.05, 0.1) is 12.5 Å². The average molecular weight is 424 g/mol. The van der Waals surface area contributed by atoms with Gasteiger partial charge in [0.15, 0.2) is 0 Å². The van der Waals surface area contributed by atoms with Crippen molar-refractivity contribution in [1.82, 2.24) is 4.57 Å². The van der Waals surface area contributed by atoms with Crippen molar-refractivity contribution >= 4 is 22.8 Å². The zero-order valence-corrected chi connectivity index (χ0v) is 18.5. The van der Waals surface area contributed by atoms with Gasteiger partial charge in [0.2, 0.25) is 0 Å². The second-order valence-corrected chi connectivity index (χ2v) is 9.40. The van der Waals surface area contributed by atoms with Gasteiger partial charge in [-0.2, -0.15) is 0 Å². The number of hydrogen-bond acceptors (Lipinski definition) is 4. The molecule has 0 spiro atoms. The summed E-state index contributed by atoms with van der Waals surface area (Å²) in [5.74, 6) is 0.354. The Balaban J connectivity index is 1.82. The van der Waals surface area contributed by atoms with Crippen molar-refractivity contribution in [2.45, 2.75) is 83.5 Å². The molecular formula is C26H33NO4. The highest BCUT2D eigenvalue weighted by Gasteiger charge is 2.26. The fourth-order valence-electron chi connectivity index (χ4n) is 5.16. The smallest absolute Gasteiger partial charge is 0.309 e. The van der Waals surface area contributed by atoms with Gasteiger partial charge in [-0.3, -0.25) is 9.59 Å². The molecule has 4 rings (SSSR count). The molecule has 1 aliphatic heterocycles. The first-order valence-electron chi connectivity index (χ1n) is 11.6. The van der Waals surface area contributed by atoms with Gasteiger partial charge in [-0.1, -0.05) is 51.3 Å². The van der Waals surface area contributed by atoms with E-state index in [1.54, 1.807) is 0 Å². The molecule has 2 heterocycles. The van der Waals surface area contributed by atoms with Crippen LogP contribution in [0.2, 0.25) is 0 Å². The first-order chi connectivity index (χ1) is 14.9. The highest BCUT2D eigenvalue weighted by molar-refractivity contribution is 5.88. The number of esters is 1. The lowest BCUT2D eigenvalue weighted by molar-refractivity contribution is -0.156. The Morgan fingerprint density at radius 3 is 2.52 bits per heavy atom. The van der Waals surface area contributed by atoms with Gasteiger partial charge < -0.3 is 14.4 Å². The molecule has 0 unspecified atom stereocenters. The maximum Gasteiger partial charge on any atom is 0.309 e. The Hall–Kier alpha value is -2.40. The average Bonchev–Trinajstić information content (AvgIpc) is 2.74. The van der Waals surface area contributed by atoms with Crippen LogP contribution in [0.25, 0.3) is 16.8 Å². The third-order valence-electron chi connectivity index (χ3n) is 6.66. The normalized spacial score (nSPS) is 23.0. The number of cyclic esters (lactones) is 1. The molecule has 1 aliphatic carbocycles. The quantitative estimate of drug-likeness (QED) is 0.703. The van der Waals surface area contributed by atoms with Crippen LogP contribution < -0.4 is 5.56 Å². The summed E-state index contributed by atoms with van der Waals surface area (Å²) in [7, 11) is 0. The van der Waals surface area contributed by atoms with E-state index in [0.717, 1.165) is 41.4 Å². The van der Waals surface area contributed by atoms with E-state index in [-0.39, 0.29) is 23.9 Å². The number of ether oxygens (including phenoxy) is 1. The molecule has 0 amide bonds. The third-order valence-corrected chi connectivity index (χ3v) is 6.66. The topological polar surface area (TPSA) is 68.5 Å². The number of benzene rings is 1. The summed E-state index contributed by atoms with van der Waals surface area (Å²) in [5.41, 5.74) is 2.09. The van der Waals surface area contributed by atoms with Crippen LogP contribution in [0.4, 0.5) is 0 Å². The summed E-state index contributed by atoms with van der Waals surface area (Å²) >= 11 is 0. The van der Waals surface area contributed by atoms with Crippen molar-refractivity contribution in [1.29, 1.82) is 0 Å². The number of nitrogens with zero attached hydrogens (tertiary/aromatic N) is 1. The van der Waals surface area contributed by atoms with Crippen molar-refractivity contribution in [3.8, 4) is 0 Å². The fourth-order valence-corrected chi connectivity index (χ4v) is 5.16. The molecule has 31 heavy (non-hydrogen) atoms. The Morgan fingerprint density at radius 2 is 1.84 bits per heavy atom. The van der Waals surface area contributed by atoms with Crippen LogP contribution in [0.3, 0.4) is 0 Å². The summed E-state index contributed by atoms with van der Waals surface area (Å²) in [5, 5.41) is 11.7. The lowest BCUT2D eigenvalue weighted by Gasteiger charge is -2.27. The Bertz CT molecular complexity index is 1030. The summed E-state index contributed by atoms with van der Waals surface area (Å²) in [6, 6.07) is 7.86. The molecule has 2 fully saturated rings. The first kappa shape index (κ1) is 21.8. The summed E-state index contributed by atoms with van der Waals surface area (Å²) in [6.45, 7) is 5.02. The number of aromatic nitrogens is 1. The van der Waals surface area contributed by atoms with Crippen LogP contribution in [0.5, 0.6) is 0 Å². The number of carbonyl (C=O) groups is 1. The number of hydrogen-bond donors (Lipinski definition) is 1. The number of carbonyl (C=O) groups excluding carboxylic acids is 1. The van der Waals surface area contributed by atoms with E-state index in [1.807, 2.05) is 41.0 Å². The van der Waals surface area contributed by atoms with Crippen LogP contribution >= 0.6 is 0 Å². The van der Waals surface area contributed by atoms with E-state index in [0.29, 0.717) is 12.3 Å². The number of rotatable bonds is 5. The molecule has 2 atom stereocenters. The number of aliphatic hydroxyl groups excluding tert-OH is 1. The number of pyridine rings is 1. The minimum atomic E-state index is -0.679. The molecule has 0 radical (unpaired) electrons. The maximum absolute atomic E-state index is 13.6. The summed E-state index contributed by atoms with van der Waals surface area (Å²) in [6.07, 6.45) is 9.12. The predicted octanol–water partition coefficient (Wildman–Crippen LogP) is 4.78. The molecule has 1 saturated carbocycles. The van der Waals surface area contributed by atoms with E-state index < -0.39 is 12.2 Å². The summed E-state index contributed by atoms with van der Waals surface area (Å²) < 4.78 is 7.36.